The van der Waals surface area contributed by atoms with E-state index in [0.717, 1.165) is 5.57 Å². The third-order valence-electron chi connectivity index (χ3n) is 5.32. The van der Waals surface area contributed by atoms with Gasteiger partial charge in [0.2, 0.25) is 0 Å². The maximum atomic E-state index is 10.6. The maximum Gasteiger partial charge on any atom is 0.187 e. The maximum absolute atomic E-state index is 10.6. The van der Waals surface area contributed by atoms with Crippen LogP contribution in [-0.4, -0.2) is 86.3 Å². The van der Waals surface area contributed by atoms with Gasteiger partial charge < -0.3 is 40.1 Å². The van der Waals surface area contributed by atoms with Gasteiger partial charge in [0.1, 0.15) is 30.5 Å². The Hall–Kier alpha value is -0.840. The fraction of sp³-hybridized carbons (Fsp3) is 0.789. The van der Waals surface area contributed by atoms with Crippen molar-refractivity contribution in [2.75, 3.05) is 6.61 Å². The van der Waals surface area contributed by atoms with Crippen LogP contribution in [0, 0.1) is 5.41 Å². The molecule has 1 aliphatic carbocycles. The standard InChI is InChI=1S/C19H32O8/c1-9(21)5-6-11-10(2)17(12(22)7-19(11,3)4)27-18-16(25)15(24)14(23)13(8-20)26-18/h5-6,9,12-18,20-25H,7-8H2,1-4H3. The summed E-state index contributed by atoms with van der Waals surface area (Å²) in [7, 11) is 0. The van der Waals surface area contributed by atoms with E-state index in [-0.39, 0.29) is 5.41 Å². The fourth-order valence-electron chi connectivity index (χ4n) is 3.83. The van der Waals surface area contributed by atoms with Gasteiger partial charge in [-0.1, -0.05) is 26.0 Å². The summed E-state index contributed by atoms with van der Waals surface area (Å²) in [5.41, 5.74) is 1.25. The number of aliphatic hydroxyl groups excluding tert-OH is 6. The third kappa shape index (κ3) is 4.78. The lowest BCUT2D eigenvalue weighted by atomic mass is 9.70. The highest BCUT2D eigenvalue weighted by Gasteiger charge is 2.47. The lowest BCUT2D eigenvalue weighted by molar-refractivity contribution is -0.314. The highest BCUT2D eigenvalue weighted by Crippen LogP contribution is 2.43. The van der Waals surface area contributed by atoms with Crippen molar-refractivity contribution in [3.8, 4) is 0 Å². The Balaban J connectivity index is 2.29. The molecule has 0 aromatic rings. The number of rotatable bonds is 5. The molecule has 0 spiro atoms. The zero-order valence-corrected chi connectivity index (χ0v) is 16.2. The van der Waals surface area contributed by atoms with E-state index in [4.69, 9.17) is 9.47 Å². The van der Waals surface area contributed by atoms with Crippen LogP contribution in [0.15, 0.2) is 23.3 Å². The normalized spacial score (nSPS) is 41.2. The Morgan fingerprint density at radius 1 is 1.19 bits per heavy atom. The summed E-state index contributed by atoms with van der Waals surface area (Å²) in [6, 6.07) is 0. The Kier molecular flexibility index (Phi) is 7.21. The Labute approximate surface area is 159 Å². The van der Waals surface area contributed by atoms with E-state index in [1.807, 2.05) is 13.8 Å². The Bertz CT molecular complexity index is 568. The van der Waals surface area contributed by atoms with Crippen molar-refractivity contribution in [3.05, 3.63) is 23.3 Å². The molecule has 1 fully saturated rings. The minimum Gasteiger partial charge on any atom is -0.394 e. The molecule has 0 amide bonds. The summed E-state index contributed by atoms with van der Waals surface area (Å²) in [4.78, 5) is 0. The van der Waals surface area contributed by atoms with Crippen LogP contribution in [0.5, 0.6) is 0 Å². The molecule has 6 N–H and O–H groups in total. The second kappa shape index (κ2) is 8.67. The molecule has 0 aromatic heterocycles. The molecule has 8 nitrogen and oxygen atoms in total. The summed E-state index contributed by atoms with van der Waals surface area (Å²) in [6.07, 6.45) is -5.44. The van der Waals surface area contributed by atoms with Crippen LogP contribution in [0.1, 0.15) is 34.1 Å². The van der Waals surface area contributed by atoms with Crippen LogP contribution in [0.3, 0.4) is 0 Å². The van der Waals surface area contributed by atoms with E-state index < -0.39 is 55.6 Å². The number of allylic oxidation sites excluding steroid dienone is 2. The van der Waals surface area contributed by atoms with E-state index in [9.17, 15) is 30.6 Å². The first-order valence-corrected chi connectivity index (χ1v) is 9.21. The lowest BCUT2D eigenvalue weighted by Crippen LogP contribution is -2.60. The van der Waals surface area contributed by atoms with Crippen molar-refractivity contribution in [3.63, 3.8) is 0 Å². The molecule has 156 valence electrons. The SMILES string of the molecule is CC1=C(C=CC(C)O)C(C)(C)CC(O)C1OC1OC(CO)C(O)C(O)C1O. The highest BCUT2D eigenvalue weighted by atomic mass is 16.7. The molecule has 27 heavy (non-hydrogen) atoms. The molecule has 2 rings (SSSR count). The van der Waals surface area contributed by atoms with Gasteiger partial charge in [-0.3, -0.25) is 0 Å². The zero-order chi connectivity index (χ0) is 20.5. The van der Waals surface area contributed by atoms with E-state index in [0.29, 0.717) is 12.0 Å². The molecule has 1 aliphatic heterocycles. The van der Waals surface area contributed by atoms with Crippen LogP contribution >= 0.6 is 0 Å². The summed E-state index contributed by atoms with van der Waals surface area (Å²) in [6.45, 7) is 6.83. The molecule has 8 atom stereocenters. The van der Waals surface area contributed by atoms with Crippen molar-refractivity contribution < 1.29 is 40.1 Å². The van der Waals surface area contributed by atoms with Gasteiger partial charge in [-0.2, -0.15) is 0 Å². The molecule has 0 radical (unpaired) electrons. The second-order valence-electron chi connectivity index (χ2n) is 8.11. The predicted octanol–water partition coefficient (Wildman–Crippen LogP) is -0.784. The predicted molar refractivity (Wildman–Crippen MR) is 96.6 cm³/mol. The van der Waals surface area contributed by atoms with Gasteiger partial charge in [-0.25, -0.2) is 0 Å². The molecule has 8 unspecified atom stereocenters. The Morgan fingerprint density at radius 2 is 1.81 bits per heavy atom. The van der Waals surface area contributed by atoms with Gasteiger partial charge in [0.25, 0.3) is 0 Å². The number of aliphatic hydroxyl groups is 6. The number of hydrogen-bond acceptors (Lipinski definition) is 8. The van der Waals surface area contributed by atoms with Gasteiger partial charge in [0.15, 0.2) is 6.29 Å². The van der Waals surface area contributed by atoms with E-state index in [1.165, 1.54) is 0 Å². The number of ether oxygens (including phenoxy) is 2. The molecule has 2 aliphatic rings. The zero-order valence-electron chi connectivity index (χ0n) is 16.2. The molecule has 0 bridgehead atoms. The average Bonchev–Trinajstić information content (AvgIpc) is 2.57. The van der Waals surface area contributed by atoms with Gasteiger partial charge in [0.05, 0.1) is 18.8 Å². The van der Waals surface area contributed by atoms with Crippen LogP contribution in [0.25, 0.3) is 0 Å². The summed E-state index contributed by atoms with van der Waals surface area (Å²) < 4.78 is 11.2. The van der Waals surface area contributed by atoms with Crippen molar-refractivity contribution in [2.24, 2.45) is 5.41 Å². The van der Waals surface area contributed by atoms with Crippen LogP contribution in [0.2, 0.25) is 0 Å². The average molecular weight is 388 g/mol. The molecular formula is C19H32O8. The van der Waals surface area contributed by atoms with Crippen molar-refractivity contribution in [1.82, 2.24) is 0 Å². The van der Waals surface area contributed by atoms with E-state index in [1.54, 1.807) is 26.0 Å². The summed E-state index contributed by atoms with van der Waals surface area (Å²) >= 11 is 0. The van der Waals surface area contributed by atoms with Gasteiger partial charge >= 0.3 is 0 Å². The number of hydrogen-bond donors (Lipinski definition) is 6. The second-order valence-corrected chi connectivity index (χ2v) is 8.11. The summed E-state index contributed by atoms with van der Waals surface area (Å²) in [5, 5.41) is 59.4. The van der Waals surface area contributed by atoms with Crippen LogP contribution < -0.4 is 0 Å². The van der Waals surface area contributed by atoms with E-state index in [2.05, 4.69) is 0 Å². The van der Waals surface area contributed by atoms with Gasteiger partial charge in [0, 0.05) is 0 Å². The van der Waals surface area contributed by atoms with Gasteiger partial charge in [-0.15, -0.1) is 0 Å². The molecular weight excluding hydrogens is 356 g/mol. The topological polar surface area (TPSA) is 140 Å². The molecule has 1 saturated heterocycles. The van der Waals surface area contributed by atoms with Crippen molar-refractivity contribution >= 4 is 0 Å². The quantitative estimate of drug-likeness (QED) is 0.360. The highest BCUT2D eigenvalue weighted by molar-refractivity contribution is 5.36. The molecule has 0 saturated carbocycles. The first-order valence-electron chi connectivity index (χ1n) is 9.21. The Morgan fingerprint density at radius 3 is 2.37 bits per heavy atom. The smallest absolute Gasteiger partial charge is 0.187 e. The molecule has 8 heteroatoms. The summed E-state index contributed by atoms with van der Waals surface area (Å²) in [5.74, 6) is 0. The first kappa shape index (κ1) is 22.4. The van der Waals surface area contributed by atoms with Gasteiger partial charge in [-0.05, 0) is 36.8 Å². The minimum atomic E-state index is -1.54. The monoisotopic (exact) mass is 388 g/mol. The fourth-order valence-corrected chi connectivity index (χ4v) is 3.83. The van der Waals surface area contributed by atoms with Crippen LogP contribution in [-0.2, 0) is 9.47 Å². The largest absolute Gasteiger partial charge is 0.394 e. The third-order valence-corrected chi connectivity index (χ3v) is 5.32. The van der Waals surface area contributed by atoms with Crippen molar-refractivity contribution in [1.29, 1.82) is 0 Å². The lowest BCUT2D eigenvalue weighted by Gasteiger charge is -2.45. The van der Waals surface area contributed by atoms with Crippen LogP contribution in [0.4, 0.5) is 0 Å². The first-order chi connectivity index (χ1) is 12.5. The van der Waals surface area contributed by atoms with Crippen molar-refractivity contribution in [2.45, 2.75) is 83.1 Å². The molecule has 0 aromatic carbocycles. The molecule has 1 heterocycles. The van der Waals surface area contributed by atoms with E-state index >= 15 is 0 Å². The minimum absolute atomic E-state index is 0.357.